The highest BCUT2D eigenvalue weighted by Crippen LogP contribution is 2.20. The molecular weight excluding hydrogens is 214 g/mol. The van der Waals surface area contributed by atoms with Crippen molar-refractivity contribution >= 4 is 17.5 Å². The van der Waals surface area contributed by atoms with Crippen molar-refractivity contribution < 1.29 is 4.79 Å². The number of aryl methyl sites for hydroxylation is 1. The van der Waals surface area contributed by atoms with Crippen LogP contribution in [0.4, 0.5) is 0 Å². The summed E-state index contributed by atoms with van der Waals surface area (Å²) in [4.78, 5) is 19.0. The fraction of sp³-hybridized carbons (Fsp3) is 0.500. The van der Waals surface area contributed by atoms with Crippen LogP contribution in [0.3, 0.4) is 0 Å². The number of aromatic nitrogens is 2. The van der Waals surface area contributed by atoms with Crippen LogP contribution in [0.5, 0.6) is 0 Å². The smallest absolute Gasteiger partial charge is 0.222 e. The number of hydrogen-bond donors (Lipinski definition) is 1. The molecule has 4 nitrogen and oxygen atoms in total. The van der Waals surface area contributed by atoms with Crippen molar-refractivity contribution in [1.82, 2.24) is 15.3 Å². The van der Waals surface area contributed by atoms with Gasteiger partial charge in [0.2, 0.25) is 11.2 Å². The monoisotopic (exact) mass is 225 g/mol. The zero-order chi connectivity index (χ0) is 10.8. The van der Waals surface area contributed by atoms with Gasteiger partial charge in [0.25, 0.3) is 0 Å². The molecule has 15 heavy (non-hydrogen) atoms. The summed E-state index contributed by atoms with van der Waals surface area (Å²) in [6.07, 6.45) is 4.31. The molecule has 0 aliphatic heterocycles. The highest BCUT2D eigenvalue weighted by Gasteiger charge is 2.20. The van der Waals surface area contributed by atoms with Gasteiger partial charge in [0.15, 0.2) is 0 Å². The molecular formula is C10H12ClN3O. The number of hydrogen-bond acceptors (Lipinski definition) is 3. The Morgan fingerprint density at radius 1 is 1.67 bits per heavy atom. The van der Waals surface area contributed by atoms with Crippen LogP contribution in [0.15, 0.2) is 6.20 Å². The summed E-state index contributed by atoms with van der Waals surface area (Å²) in [6.45, 7) is 1.54. The van der Waals surface area contributed by atoms with Gasteiger partial charge in [0, 0.05) is 24.9 Å². The van der Waals surface area contributed by atoms with Crippen LogP contribution in [0.25, 0.3) is 0 Å². The molecule has 2 rings (SSSR count). The second kappa shape index (κ2) is 4.14. The van der Waals surface area contributed by atoms with Crippen molar-refractivity contribution in [1.29, 1.82) is 0 Å². The summed E-state index contributed by atoms with van der Waals surface area (Å²) in [5, 5.41) is 3.21. The van der Waals surface area contributed by atoms with Gasteiger partial charge in [0.05, 0.1) is 0 Å². The summed E-state index contributed by atoms with van der Waals surface area (Å²) in [6, 6.07) is 0.208. The number of nitrogens with zero attached hydrogens (tertiary/aromatic N) is 2. The average molecular weight is 226 g/mol. The molecule has 1 aromatic heterocycles. The zero-order valence-corrected chi connectivity index (χ0v) is 9.21. The summed E-state index contributed by atoms with van der Waals surface area (Å²) in [5.74, 6) is 0.0123. The van der Waals surface area contributed by atoms with Crippen LogP contribution < -0.4 is 5.32 Å². The first-order valence-electron chi connectivity index (χ1n) is 4.92. The predicted molar refractivity (Wildman–Crippen MR) is 56.7 cm³/mol. The number of halogens is 1. The molecule has 1 aromatic rings. The van der Waals surface area contributed by atoms with Crippen molar-refractivity contribution in [3.05, 3.63) is 22.7 Å². The molecule has 0 spiro atoms. The molecule has 0 saturated heterocycles. The minimum atomic E-state index is 0.0123. The van der Waals surface area contributed by atoms with Crippen LogP contribution in [0.1, 0.15) is 24.6 Å². The van der Waals surface area contributed by atoms with Crippen LogP contribution in [-0.2, 0) is 17.6 Å². The normalized spacial score (nSPS) is 19.5. The maximum atomic E-state index is 10.9. The van der Waals surface area contributed by atoms with E-state index in [-0.39, 0.29) is 11.9 Å². The van der Waals surface area contributed by atoms with Gasteiger partial charge in [-0.1, -0.05) is 0 Å². The van der Waals surface area contributed by atoms with Crippen molar-refractivity contribution in [2.45, 2.75) is 32.2 Å². The third-order valence-electron chi connectivity index (χ3n) is 2.53. The van der Waals surface area contributed by atoms with E-state index in [0.29, 0.717) is 5.28 Å². The molecule has 0 bridgehead atoms. The quantitative estimate of drug-likeness (QED) is 0.729. The standard InChI is InChI=1S/C10H12ClN3O/c1-6(15)13-8-2-3-9-7(4-8)5-12-10(11)14-9/h5,8H,2-4H2,1H3,(H,13,15). The third kappa shape index (κ3) is 2.45. The molecule has 1 aliphatic rings. The van der Waals surface area contributed by atoms with Crippen LogP contribution in [-0.4, -0.2) is 21.9 Å². The molecule has 0 fully saturated rings. The van der Waals surface area contributed by atoms with Crippen LogP contribution in [0.2, 0.25) is 5.28 Å². The van der Waals surface area contributed by atoms with E-state index >= 15 is 0 Å². The minimum absolute atomic E-state index is 0.0123. The first kappa shape index (κ1) is 10.4. The Kier molecular flexibility index (Phi) is 2.86. The van der Waals surface area contributed by atoms with E-state index in [0.717, 1.165) is 30.5 Å². The third-order valence-corrected chi connectivity index (χ3v) is 2.71. The van der Waals surface area contributed by atoms with Crippen LogP contribution in [0, 0.1) is 0 Å². The number of carbonyl (C=O) groups is 1. The Morgan fingerprint density at radius 3 is 3.20 bits per heavy atom. The van der Waals surface area contributed by atoms with Gasteiger partial charge in [-0.25, -0.2) is 9.97 Å². The maximum Gasteiger partial charge on any atom is 0.222 e. The zero-order valence-electron chi connectivity index (χ0n) is 8.46. The summed E-state index contributed by atoms with van der Waals surface area (Å²) < 4.78 is 0. The van der Waals surface area contributed by atoms with E-state index in [9.17, 15) is 4.79 Å². The van der Waals surface area contributed by atoms with Crippen molar-refractivity contribution in [2.24, 2.45) is 0 Å². The molecule has 5 heteroatoms. The van der Waals surface area contributed by atoms with Crippen molar-refractivity contribution in [2.75, 3.05) is 0 Å². The number of nitrogens with one attached hydrogen (secondary N) is 1. The molecule has 1 N–H and O–H groups in total. The molecule has 1 aliphatic carbocycles. The lowest BCUT2D eigenvalue weighted by atomic mass is 9.93. The predicted octanol–water partition coefficient (Wildman–Crippen LogP) is 1.12. The molecule has 0 radical (unpaired) electrons. The van der Waals surface area contributed by atoms with E-state index in [1.807, 2.05) is 0 Å². The lowest BCUT2D eigenvalue weighted by Crippen LogP contribution is -2.37. The van der Waals surface area contributed by atoms with Gasteiger partial charge in [-0.15, -0.1) is 0 Å². The lowest BCUT2D eigenvalue weighted by molar-refractivity contribution is -0.119. The number of carbonyl (C=O) groups excluding carboxylic acids is 1. The Labute approximate surface area is 93.1 Å². The van der Waals surface area contributed by atoms with E-state index in [1.165, 1.54) is 6.92 Å². The van der Waals surface area contributed by atoms with Gasteiger partial charge >= 0.3 is 0 Å². The summed E-state index contributed by atoms with van der Waals surface area (Å²) in [5.41, 5.74) is 2.10. The van der Waals surface area contributed by atoms with Gasteiger partial charge < -0.3 is 5.32 Å². The van der Waals surface area contributed by atoms with E-state index in [1.54, 1.807) is 6.20 Å². The molecule has 80 valence electrons. The minimum Gasteiger partial charge on any atom is -0.353 e. The Morgan fingerprint density at radius 2 is 2.47 bits per heavy atom. The second-order valence-electron chi connectivity index (χ2n) is 3.75. The first-order chi connectivity index (χ1) is 7.15. The Hall–Kier alpha value is -1.16. The highest BCUT2D eigenvalue weighted by atomic mass is 35.5. The Balaban J connectivity index is 2.13. The number of amides is 1. The largest absolute Gasteiger partial charge is 0.353 e. The van der Waals surface area contributed by atoms with Crippen LogP contribution >= 0.6 is 11.6 Å². The second-order valence-corrected chi connectivity index (χ2v) is 4.09. The van der Waals surface area contributed by atoms with Crippen molar-refractivity contribution in [3.8, 4) is 0 Å². The van der Waals surface area contributed by atoms with Crippen molar-refractivity contribution in [3.63, 3.8) is 0 Å². The number of fused-ring (bicyclic) bond motifs is 1. The fourth-order valence-electron chi connectivity index (χ4n) is 1.89. The summed E-state index contributed by atoms with van der Waals surface area (Å²) in [7, 11) is 0. The SMILES string of the molecule is CC(=O)NC1CCc2nc(Cl)ncc2C1. The fourth-order valence-corrected chi connectivity index (χ4v) is 2.04. The topological polar surface area (TPSA) is 54.9 Å². The van der Waals surface area contributed by atoms with Gasteiger partial charge in [0.1, 0.15) is 0 Å². The van der Waals surface area contributed by atoms with E-state index in [2.05, 4.69) is 15.3 Å². The molecule has 1 heterocycles. The highest BCUT2D eigenvalue weighted by molar-refractivity contribution is 6.28. The first-order valence-corrected chi connectivity index (χ1v) is 5.30. The Bertz CT molecular complexity index is 394. The van der Waals surface area contributed by atoms with E-state index < -0.39 is 0 Å². The molecule has 1 unspecified atom stereocenters. The van der Waals surface area contributed by atoms with Gasteiger partial charge in [-0.3, -0.25) is 4.79 Å². The van der Waals surface area contributed by atoms with Gasteiger partial charge in [-0.2, -0.15) is 0 Å². The number of rotatable bonds is 1. The molecule has 0 saturated carbocycles. The maximum absolute atomic E-state index is 10.9. The molecule has 1 atom stereocenters. The molecule has 1 amide bonds. The van der Waals surface area contributed by atoms with E-state index in [4.69, 9.17) is 11.6 Å². The van der Waals surface area contributed by atoms with Gasteiger partial charge in [-0.05, 0) is 36.4 Å². The lowest BCUT2D eigenvalue weighted by Gasteiger charge is -2.23. The molecule has 0 aromatic carbocycles. The summed E-state index contributed by atoms with van der Waals surface area (Å²) >= 11 is 5.71. The average Bonchev–Trinajstić information content (AvgIpc) is 2.17.